The van der Waals surface area contributed by atoms with Gasteiger partial charge < -0.3 is 14.2 Å². The van der Waals surface area contributed by atoms with Gasteiger partial charge in [0, 0.05) is 13.2 Å². The van der Waals surface area contributed by atoms with E-state index in [1.807, 2.05) is 0 Å². The molecule has 0 N–H and O–H groups in total. The third-order valence-electron chi connectivity index (χ3n) is 4.72. The molecule has 1 heterocycles. The van der Waals surface area contributed by atoms with Crippen LogP contribution in [0.1, 0.15) is 104 Å². The number of epoxide rings is 1. The van der Waals surface area contributed by atoms with Gasteiger partial charge in [-0.05, 0) is 12.8 Å². The van der Waals surface area contributed by atoms with Crippen LogP contribution in [-0.4, -0.2) is 32.2 Å². The third-order valence-corrected chi connectivity index (χ3v) is 4.72. The predicted octanol–water partition coefficient (Wildman–Crippen LogP) is 6.25. The van der Waals surface area contributed by atoms with Gasteiger partial charge in [-0.3, -0.25) is 0 Å². The van der Waals surface area contributed by atoms with Crippen molar-refractivity contribution in [3.8, 4) is 0 Å². The molecule has 0 radical (unpaired) electrons. The lowest BCUT2D eigenvalue weighted by molar-refractivity contribution is -0.154. The van der Waals surface area contributed by atoms with Crippen LogP contribution in [0, 0.1) is 0 Å². The van der Waals surface area contributed by atoms with Gasteiger partial charge in [0.2, 0.25) is 0 Å². The summed E-state index contributed by atoms with van der Waals surface area (Å²) in [5.74, 6) is 0. The number of hydrogen-bond donors (Lipinski definition) is 0. The zero-order chi connectivity index (χ0) is 17.3. The van der Waals surface area contributed by atoms with Crippen molar-refractivity contribution in [2.75, 3.05) is 19.8 Å². The molecule has 3 nitrogen and oxygen atoms in total. The molecule has 1 rings (SSSR count). The van der Waals surface area contributed by atoms with Gasteiger partial charge >= 0.3 is 0 Å². The highest BCUT2D eigenvalue weighted by Crippen LogP contribution is 2.19. The summed E-state index contributed by atoms with van der Waals surface area (Å²) in [6.07, 6.45) is 18.6. The molecular formula is C21H42O3. The highest BCUT2D eigenvalue weighted by molar-refractivity contribution is 4.73. The fourth-order valence-corrected chi connectivity index (χ4v) is 2.99. The average Bonchev–Trinajstić information content (AvgIpc) is 3.42. The summed E-state index contributed by atoms with van der Waals surface area (Å²) < 4.78 is 17.1. The molecule has 0 amide bonds. The van der Waals surface area contributed by atoms with Gasteiger partial charge in [0.05, 0.1) is 6.61 Å². The second-order valence-electron chi connectivity index (χ2n) is 7.22. The topological polar surface area (TPSA) is 31.0 Å². The Balaban J connectivity index is 1.85. The minimum absolute atomic E-state index is 0.120. The predicted molar refractivity (Wildman–Crippen MR) is 101 cm³/mol. The minimum Gasteiger partial charge on any atom is -0.368 e. The highest BCUT2D eigenvalue weighted by Gasteiger charge is 2.34. The zero-order valence-corrected chi connectivity index (χ0v) is 16.4. The summed E-state index contributed by atoms with van der Waals surface area (Å²) >= 11 is 0. The molecule has 2 atom stereocenters. The first-order valence-electron chi connectivity index (χ1n) is 10.7. The lowest BCUT2D eigenvalue weighted by Gasteiger charge is -2.16. The van der Waals surface area contributed by atoms with Crippen LogP contribution in [0.3, 0.4) is 0 Å². The molecule has 0 saturated carbocycles. The first-order chi connectivity index (χ1) is 11.9. The van der Waals surface area contributed by atoms with Crippen molar-refractivity contribution >= 4 is 0 Å². The van der Waals surface area contributed by atoms with E-state index in [1.54, 1.807) is 0 Å². The molecule has 0 aromatic carbocycles. The van der Waals surface area contributed by atoms with E-state index in [0.717, 1.165) is 32.7 Å². The zero-order valence-electron chi connectivity index (χ0n) is 16.4. The van der Waals surface area contributed by atoms with Crippen LogP contribution in [0.25, 0.3) is 0 Å². The van der Waals surface area contributed by atoms with Gasteiger partial charge in [0.25, 0.3) is 0 Å². The summed E-state index contributed by atoms with van der Waals surface area (Å²) in [6, 6.07) is 0. The van der Waals surface area contributed by atoms with Gasteiger partial charge in [-0.1, -0.05) is 90.9 Å². The second kappa shape index (κ2) is 16.4. The molecule has 1 aliphatic rings. The van der Waals surface area contributed by atoms with Crippen LogP contribution in [-0.2, 0) is 14.2 Å². The van der Waals surface area contributed by atoms with Crippen molar-refractivity contribution in [3.63, 3.8) is 0 Å². The summed E-state index contributed by atoms with van der Waals surface area (Å²) in [7, 11) is 0. The Bertz CT molecular complexity index is 253. The summed E-state index contributed by atoms with van der Waals surface area (Å²) in [4.78, 5) is 0. The molecule has 1 saturated heterocycles. The van der Waals surface area contributed by atoms with E-state index in [2.05, 4.69) is 13.8 Å². The van der Waals surface area contributed by atoms with Gasteiger partial charge in [0.1, 0.15) is 6.10 Å². The van der Waals surface area contributed by atoms with Crippen molar-refractivity contribution in [2.24, 2.45) is 0 Å². The van der Waals surface area contributed by atoms with E-state index < -0.39 is 0 Å². The van der Waals surface area contributed by atoms with Crippen molar-refractivity contribution in [2.45, 2.75) is 116 Å². The van der Waals surface area contributed by atoms with E-state index >= 15 is 0 Å². The Morgan fingerprint density at radius 1 is 0.667 bits per heavy atom. The number of ether oxygens (including phenoxy) is 3. The summed E-state index contributed by atoms with van der Waals surface area (Å²) in [5, 5.41) is 0. The fraction of sp³-hybridized carbons (Fsp3) is 1.00. The van der Waals surface area contributed by atoms with Gasteiger partial charge in [-0.15, -0.1) is 0 Å². The van der Waals surface area contributed by atoms with E-state index in [0.29, 0.717) is 0 Å². The Morgan fingerprint density at radius 2 is 1.04 bits per heavy atom. The Hall–Kier alpha value is -0.120. The summed E-state index contributed by atoms with van der Waals surface area (Å²) in [5.41, 5.74) is 0. The van der Waals surface area contributed by atoms with E-state index in [-0.39, 0.29) is 12.4 Å². The highest BCUT2D eigenvalue weighted by atomic mass is 16.7. The molecule has 0 aromatic heterocycles. The van der Waals surface area contributed by atoms with Crippen LogP contribution < -0.4 is 0 Å². The number of hydrogen-bond acceptors (Lipinski definition) is 3. The Kier molecular flexibility index (Phi) is 14.9. The maximum atomic E-state index is 5.90. The third kappa shape index (κ3) is 13.2. The lowest BCUT2D eigenvalue weighted by atomic mass is 10.1. The largest absolute Gasteiger partial charge is 0.368 e. The molecule has 144 valence electrons. The van der Waals surface area contributed by atoms with Gasteiger partial charge in [-0.2, -0.15) is 0 Å². The smallest absolute Gasteiger partial charge is 0.185 e. The molecule has 1 fully saturated rings. The first-order valence-corrected chi connectivity index (χ1v) is 10.7. The van der Waals surface area contributed by atoms with E-state index in [9.17, 15) is 0 Å². The van der Waals surface area contributed by atoms with Crippen LogP contribution in [0.4, 0.5) is 0 Å². The number of rotatable bonds is 19. The van der Waals surface area contributed by atoms with Crippen molar-refractivity contribution in [1.29, 1.82) is 0 Å². The standard InChI is InChI=1S/C21H42O3/c1-3-5-7-9-10-11-12-13-14-16-18-23-21(20-19-24-20)22-17-15-8-6-4-2/h20-21H,3-19H2,1-2H3. The fourth-order valence-electron chi connectivity index (χ4n) is 2.99. The van der Waals surface area contributed by atoms with Crippen LogP contribution in [0.5, 0.6) is 0 Å². The molecule has 0 bridgehead atoms. The van der Waals surface area contributed by atoms with Crippen LogP contribution >= 0.6 is 0 Å². The molecule has 3 heteroatoms. The van der Waals surface area contributed by atoms with Gasteiger partial charge in [0.15, 0.2) is 6.29 Å². The Labute approximate surface area is 150 Å². The monoisotopic (exact) mass is 342 g/mol. The average molecular weight is 343 g/mol. The first kappa shape index (κ1) is 21.9. The Morgan fingerprint density at radius 3 is 1.46 bits per heavy atom. The summed E-state index contributed by atoms with van der Waals surface area (Å²) in [6.45, 7) is 6.94. The van der Waals surface area contributed by atoms with Crippen LogP contribution in [0.15, 0.2) is 0 Å². The molecule has 1 aliphatic heterocycles. The SMILES string of the molecule is CCCCCCCCCCCCOC(OCCCCCC)C1CO1. The molecular weight excluding hydrogens is 300 g/mol. The van der Waals surface area contributed by atoms with Crippen molar-refractivity contribution in [1.82, 2.24) is 0 Å². The molecule has 0 aliphatic carbocycles. The normalized spacial score (nSPS) is 18.0. The van der Waals surface area contributed by atoms with E-state index in [1.165, 1.54) is 77.0 Å². The lowest BCUT2D eigenvalue weighted by Crippen LogP contribution is -2.24. The molecule has 0 spiro atoms. The quantitative estimate of drug-likeness (QED) is 0.158. The minimum atomic E-state index is -0.120. The maximum absolute atomic E-state index is 5.90. The molecule has 0 aromatic rings. The second-order valence-corrected chi connectivity index (χ2v) is 7.22. The number of unbranched alkanes of at least 4 members (excludes halogenated alkanes) is 12. The maximum Gasteiger partial charge on any atom is 0.185 e. The molecule has 2 unspecified atom stereocenters. The van der Waals surface area contributed by atoms with Crippen LogP contribution in [0.2, 0.25) is 0 Å². The van der Waals surface area contributed by atoms with Crippen molar-refractivity contribution in [3.05, 3.63) is 0 Å². The van der Waals surface area contributed by atoms with E-state index in [4.69, 9.17) is 14.2 Å². The van der Waals surface area contributed by atoms with Crippen molar-refractivity contribution < 1.29 is 14.2 Å². The molecule has 24 heavy (non-hydrogen) atoms. The van der Waals surface area contributed by atoms with Gasteiger partial charge in [-0.25, -0.2) is 0 Å².